The third-order valence-electron chi connectivity index (χ3n) is 5.47. The molecule has 0 aliphatic heterocycles. The number of benzene rings is 4. The fraction of sp³-hybridized carbons (Fsp3) is 0.0769. The van der Waals surface area contributed by atoms with E-state index in [1.54, 1.807) is 0 Å². The zero-order chi connectivity index (χ0) is 19.1. The average molecular weight is 361 g/mol. The Hall–Kier alpha value is -3.52. The molecule has 134 valence electrons. The largest absolute Gasteiger partial charge is 0.287 e. The lowest BCUT2D eigenvalue weighted by atomic mass is 9.95. The first-order chi connectivity index (χ1) is 13.7. The lowest BCUT2D eigenvalue weighted by Crippen LogP contribution is -2.31. The minimum absolute atomic E-state index is 1.05. The molecule has 0 bridgehead atoms. The van der Waals surface area contributed by atoms with Crippen molar-refractivity contribution in [2.45, 2.75) is 6.92 Å². The molecule has 0 amide bonds. The van der Waals surface area contributed by atoms with Gasteiger partial charge in [-0.25, -0.2) is 4.57 Å². The monoisotopic (exact) mass is 361 g/mol. The maximum absolute atomic E-state index is 4.77. The molecular formula is C26H21N2+. The molecule has 2 nitrogen and oxygen atoms in total. The fourth-order valence-corrected chi connectivity index (χ4v) is 4.00. The summed E-state index contributed by atoms with van der Waals surface area (Å²) < 4.78 is 2.13. The van der Waals surface area contributed by atoms with E-state index >= 15 is 0 Å². The van der Waals surface area contributed by atoms with E-state index in [0.29, 0.717) is 0 Å². The van der Waals surface area contributed by atoms with Crippen LogP contribution in [0.2, 0.25) is 0 Å². The van der Waals surface area contributed by atoms with Crippen LogP contribution in [0.15, 0.2) is 91.3 Å². The van der Waals surface area contributed by atoms with E-state index < -0.39 is 0 Å². The second kappa shape index (κ2) is 6.58. The highest BCUT2D eigenvalue weighted by Gasteiger charge is 2.19. The van der Waals surface area contributed by atoms with Crippen molar-refractivity contribution in [1.29, 1.82) is 0 Å². The van der Waals surface area contributed by atoms with Crippen LogP contribution in [0, 0.1) is 6.92 Å². The van der Waals surface area contributed by atoms with Crippen molar-refractivity contribution in [1.82, 2.24) is 4.98 Å². The standard InChI is InChI=1S/C26H21N2/c1-18-12-13-21(19-8-4-3-5-9-19)16-24(18)26-23-15-14-20-10-6-7-11-22(20)25(23)27-17-28(26)2/h3-17H,1-2H3/q+1. The van der Waals surface area contributed by atoms with E-state index in [2.05, 4.69) is 103 Å². The predicted molar refractivity (Wildman–Crippen MR) is 116 cm³/mol. The summed E-state index contributed by atoms with van der Waals surface area (Å²) in [7, 11) is 2.07. The summed E-state index contributed by atoms with van der Waals surface area (Å²) >= 11 is 0. The molecule has 0 spiro atoms. The van der Waals surface area contributed by atoms with Crippen LogP contribution in [0.4, 0.5) is 0 Å². The number of hydrogen-bond donors (Lipinski definition) is 0. The average Bonchev–Trinajstić information content (AvgIpc) is 2.75. The third kappa shape index (κ3) is 2.66. The van der Waals surface area contributed by atoms with Gasteiger partial charge in [0.05, 0.1) is 12.4 Å². The van der Waals surface area contributed by atoms with Crippen LogP contribution in [-0.2, 0) is 7.05 Å². The van der Waals surface area contributed by atoms with Gasteiger partial charge in [0, 0.05) is 10.9 Å². The van der Waals surface area contributed by atoms with E-state index in [9.17, 15) is 0 Å². The van der Waals surface area contributed by atoms with E-state index in [0.717, 1.165) is 5.52 Å². The first kappa shape index (κ1) is 16.6. The number of fused-ring (bicyclic) bond motifs is 3. The SMILES string of the molecule is Cc1ccc(-c2ccccc2)cc1-c1c2ccc3ccccc3c2nc[n+]1C. The summed E-state index contributed by atoms with van der Waals surface area (Å²) in [6, 6.07) is 30.1. The van der Waals surface area contributed by atoms with Crippen LogP contribution in [0.5, 0.6) is 0 Å². The third-order valence-corrected chi connectivity index (χ3v) is 5.47. The highest BCUT2D eigenvalue weighted by molar-refractivity contribution is 6.08. The highest BCUT2D eigenvalue weighted by atomic mass is 15.0. The summed E-state index contributed by atoms with van der Waals surface area (Å²) in [5, 5.41) is 3.59. The van der Waals surface area contributed by atoms with Crippen molar-refractivity contribution in [3.63, 3.8) is 0 Å². The Kier molecular flexibility index (Phi) is 3.91. The Morgan fingerprint density at radius 2 is 1.50 bits per heavy atom. The van der Waals surface area contributed by atoms with Gasteiger partial charge < -0.3 is 0 Å². The normalized spacial score (nSPS) is 11.2. The lowest BCUT2D eigenvalue weighted by molar-refractivity contribution is -0.662. The molecule has 5 aromatic rings. The molecule has 0 aliphatic rings. The molecule has 1 aromatic heterocycles. The minimum atomic E-state index is 1.05. The van der Waals surface area contributed by atoms with Gasteiger partial charge in [-0.05, 0) is 52.2 Å². The van der Waals surface area contributed by atoms with E-state index in [4.69, 9.17) is 4.98 Å². The van der Waals surface area contributed by atoms with Crippen LogP contribution in [-0.4, -0.2) is 4.98 Å². The Labute approximate surface area is 164 Å². The van der Waals surface area contributed by atoms with E-state index in [1.807, 2.05) is 6.33 Å². The van der Waals surface area contributed by atoms with Crippen LogP contribution in [0.1, 0.15) is 5.56 Å². The number of nitrogens with zero attached hydrogens (tertiary/aromatic N) is 2. The van der Waals surface area contributed by atoms with Gasteiger partial charge in [0.15, 0.2) is 5.52 Å². The van der Waals surface area contributed by atoms with Crippen LogP contribution in [0.25, 0.3) is 44.1 Å². The summed E-state index contributed by atoms with van der Waals surface area (Å²) in [4.78, 5) is 4.77. The van der Waals surface area contributed by atoms with Crippen LogP contribution >= 0.6 is 0 Å². The zero-order valence-corrected chi connectivity index (χ0v) is 16.1. The van der Waals surface area contributed by atoms with Crippen molar-refractivity contribution in [3.05, 3.63) is 96.8 Å². The van der Waals surface area contributed by atoms with Crippen LogP contribution < -0.4 is 4.57 Å². The van der Waals surface area contributed by atoms with Gasteiger partial charge in [-0.2, -0.15) is 0 Å². The topological polar surface area (TPSA) is 16.8 Å². The summed E-state index contributed by atoms with van der Waals surface area (Å²) in [5.74, 6) is 0. The van der Waals surface area contributed by atoms with Gasteiger partial charge in [-0.1, -0.05) is 66.7 Å². The number of aryl methyl sites for hydroxylation is 2. The summed E-state index contributed by atoms with van der Waals surface area (Å²) in [5.41, 5.74) is 7.21. The molecule has 0 atom stereocenters. The Morgan fingerprint density at radius 1 is 0.714 bits per heavy atom. The molecule has 2 heteroatoms. The molecule has 0 saturated heterocycles. The van der Waals surface area contributed by atoms with Gasteiger partial charge in [-0.3, -0.25) is 0 Å². The maximum Gasteiger partial charge on any atom is 0.287 e. The number of aromatic nitrogens is 2. The van der Waals surface area contributed by atoms with Gasteiger partial charge in [0.25, 0.3) is 6.33 Å². The highest BCUT2D eigenvalue weighted by Crippen LogP contribution is 2.33. The first-order valence-corrected chi connectivity index (χ1v) is 9.55. The molecular weight excluding hydrogens is 340 g/mol. The van der Waals surface area contributed by atoms with E-state index in [-0.39, 0.29) is 0 Å². The molecule has 0 N–H and O–H groups in total. The van der Waals surface area contributed by atoms with Gasteiger partial charge >= 0.3 is 0 Å². The van der Waals surface area contributed by atoms with E-state index in [1.165, 1.54) is 44.1 Å². The maximum atomic E-state index is 4.77. The minimum Gasteiger partial charge on any atom is -0.232 e. The number of rotatable bonds is 2. The Bertz CT molecular complexity index is 1320. The lowest BCUT2D eigenvalue weighted by Gasteiger charge is -2.12. The quantitative estimate of drug-likeness (QED) is 0.284. The van der Waals surface area contributed by atoms with Crippen molar-refractivity contribution < 1.29 is 4.57 Å². The number of hydrogen-bond acceptors (Lipinski definition) is 1. The van der Waals surface area contributed by atoms with Crippen molar-refractivity contribution in [3.8, 4) is 22.4 Å². The van der Waals surface area contributed by atoms with Gasteiger partial charge in [0.1, 0.15) is 5.69 Å². The molecule has 28 heavy (non-hydrogen) atoms. The summed E-state index contributed by atoms with van der Waals surface area (Å²) in [6.07, 6.45) is 1.93. The molecule has 0 fully saturated rings. The van der Waals surface area contributed by atoms with Crippen molar-refractivity contribution in [2.24, 2.45) is 7.05 Å². The van der Waals surface area contributed by atoms with Gasteiger partial charge in [-0.15, -0.1) is 0 Å². The fourth-order valence-electron chi connectivity index (χ4n) is 4.00. The van der Waals surface area contributed by atoms with Gasteiger partial charge in [0.2, 0.25) is 0 Å². The van der Waals surface area contributed by atoms with Crippen molar-refractivity contribution in [2.75, 3.05) is 0 Å². The second-order valence-corrected chi connectivity index (χ2v) is 7.28. The second-order valence-electron chi connectivity index (χ2n) is 7.28. The Morgan fingerprint density at radius 3 is 2.36 bits per heavy atom. The smallest absolute Gasteiger partial charge is 0.232 e. The predicted octanol–water partition coefficient (Wildman–Crippen LogP) is 5.85. The molecule has 4 aromatic carbocycles. The summed E-state index contributed by atoms with van der Waals surface area (Å²) in [6.45, 7) is 2.18. The zero-order valence-electron chi connectivity index (χ0n) is 16.1. The Balaban J connectivity index is 1.82. The van der Waals surface area contributed by atoms with Crippen LogP contribution in [0.3, 0.4) is 0 Å². The molecule has 0 aliphatic carbocycles. The first-order valence-electron chi connectivity index (χ1n) is 9.55. The van der Waals surface area contributed by atoms with Crippen molar-refractivity contribution >= 4 is 21.7 Å². The molecule has 0 unspecified atom stereocenters. The molecule has 5 rings (SSSR count). The molecule has 0 saturated carbocycles. The molecule has 1 heterocycles. The molecule has 0 radical (unpaired) electrons.